The lowest BCUT2D eigenvalue weighted by Gasteiger charge is -2.22. The van der Waals surface area contributed by atoms with E-state index < -0.39 is 10.0 Å². The standard InChI is InChI=1S/C12H18N2O2S.C12H17N/c13-11-7-6-10(8-12(11)17(14,15)16)9-4-2-1-3-5-9;13-12-8-6-11(7-9-12)10-4-2-1-3-5-10/h6-9H,1-5,13H2,(H2,14,15,16);6-10H,1-5,13H2. The molecule has 0 heterocycles. The van der Waals surface area contributed by atoms with Gasteiger partial charge in [-0.3, -0.25) is 0 Å². The minimum absolute atomic E-state index is 0.0561. The van der Waals surface area contributed by atoms with Gasteiger partial charge in [0.25, 0.3) is 0 Å². The number of nitrogens with two attached hydrogens (primary N) is 3. The van der Waals surface area contributed by atoms with E-state index in [2.05, 4.69) is 12.1 Å². The summed E-state index contributed by atoms with van der Waals surface area (Å²) in [7, 11) is -3.72. The Morgan fingerprint density at radius 2 is 1.13 bits per heavy atom. The monoisotopic (exact) mass is 429 g/mol. The summed E-state index contributed by atoms with van der Waals surface area (Å²) < 4.78 is 22.8. The van der Waals surface area contributed by atoms with E-state index in [0.717, 1.165) is 30.0 Å². The zero-order chi connectivity index (χ0) is 21.6. The zero-order valence-corrected chi connectivity index (χ0v) is 18.5. The van der Waals surface area contributed by atoms with Crippen molar-refractivity contribution in [1.82, 2.24) is 0 Å². The highest BCUT2D eigenvalue weighted by Gasteiger charge is 2.19. The molecule has 2 aromatic carbocycles. The van der Waals surface area contributed by atoms with Crippen LogP contribution in [0.2, 0.25) is 0 Å². The molecule has 0 spiro atoms. The summed E-state index contributed by atoms with van der Waals surface area (Å²) in [6.45, 7) is 0. The second kappa shape index (κ2) is 10.3. The summed E-state index contributed by atoms with van der Waals surface area (Å²) in [5.74, 6) is 1.25. The quantitative estimate of drug-likeness (QED) is 0.576. The van der Waals surface area contributed by atoms with Gasteiger partial charge in [0.1, 0.15) is 4.90 Å². The second-order valence-electron chi connectivity index (χ2n) is 8.68. The lowest BCUT2D eigenvalue weighted by atomic mass is 9.84. The molecule has 0 aromatic heterocycles. The lowest BCUT2D eigenvalue weighted by molar-refractivity contribution is 0.443. The smallest absolute Gasteiger partial charge is 0.240 e. The van der Waals surface area contributed by atoms with Gasteiger partial charge in [0.15, 0.2) is 0 Å². The maximum Gasteiger partial charge on any atom is 0.240 e. The zero-order valence-electron chi connectivity index (χ0n) is 17.7. The van der Waals surface area contributed by atoms with Crippen molar-refractivity contribution in [3.05, 3.63) is 53.6 Å². The third-order valence-electron chi connectivity index (χ3n) is 6.43. The highest BCUT2D eigenvalue weighted by atomic mass is 32.2. The van der Waals surface area contributed by atoms with Gasteiger partial charge in [-0.05, 0) is 72.9 Å². The number of hydrogen-bond acceptors (Lipinski definition) is 4. The molecule has 6 heteroatoms. The molecular formula is C24H35N3O2S. The molecule has 2 aromatic rings. The van der Waals surface area contributed by atoms with Crippen molar-refractivity contribution in [3.8, 4) is 0 Å². The molecule has 0 bridgehead atoms. The van der Waals surface area contributed by atoms with E-state index in [1.54, 1.807) is 12.1 Å². The van der Waals surface area contributed by atoms with Crippen molar-refractivity contribution in [3.63, 3.8) is 0 Å². The van der Waals surface area contributed by atoms with Crippen LogP contribution in [0.1, 0.15) is 87.2 Å². The fraction of sp³-hybridized carbons (Fsp3) is 0.500. The molecule has 0 aliphatic heterocycles. The van der Waals surface area contributed by atoms with Crippen molar-refractivity contribution in [2.75, 3.05) is 11.5 Å². The summed E-state index contributed by atoms with van der Waals surface area (Å²) >= 11 is 0. The van der Waals surface area contributed by atoms with E-state index >= 15 is 0 Å². The van der Waals surface area contributed by atoms with Gasteiger partial charge in [-0.2, -0.15) is 0 Å². The molecule has 30 heavy (non-hydrogen) atoms. The lowest BCUT2D eigenvalue weighted by Crippen LogP contribution is -2.15. The van der Waals surface area contributed by atoms with Gasteiger partial charge in [-0.1, -0.05) is 56.7 Å². The topological polar surface area (TPSA) is 112 Å². The van der Waals surface area contributed by atoms with Crippen molar-refractivity contribution < 1.29 is 8.42 Å². The van der Waals surface area contributed by atoms with Crippen LogP contribution in [0.5, 0.6) is 0 Å². The first-order valence-corrected chi connectivity index (χ1v) is 12.7. The number of sulfonamides is 1. The number of hydrogen-bond donors (Lipinski definition) is 3. The van der Waals surface area contributed by atoms with Crippen LogP contribution in [0.4, 0.5) is 11.4 Å². The van der Waals surface area contributed by atoms with Crippen LogP contribution >= 0.6 is 0 Å². The molecule has 0 atom stereocenters. The molecule has 2 saturated carbocycles. The van der Waals surface area contributed by atoms with Crippen molar-refractivity contribution in [1.29, 1.82) is 0 Å². The Hall–Kier alpha value is -2.05. The van der Waals surface area contributed by atoms with E-state index in [9.17, 15) is 8.42 Å². The normalized spacial score (nSPS) is 18.4. The van der Waals surface area contributed by atoms with Gasteiger partial charge in [0.05, 0.1) is 5.69 Å². The minimum atomic E-state index is -3.72. The minimum Gasteiger partial charge on any atom is -0.399 e. The van der Waals surface area contributed by atoms with Gasteiger partial charge in [0.2, 0.25) is 10.0 Å². The molecule has 164 valence electrons. The Balaban J connectivity index is 0.000000177. The van der Waals surface area contributed by atoms with Gasteiger partial charge in [0, 0.05) is 5.69 Å². The Morgan fingerprint density at radius 3 is 1.63 bits per heavy atom. The maximum absolute atomic E-state index is 11.4. The van der Waals surface area contributed by atoms with Crippen LogP contribution in [-0.4, -0.2) is 8.42 Å². The fourth-order valence-electron chi connectivity index (χ4n) is 4.69. The predicted octanol–water partition coefficient (Wildman–Crippen LogP) is 5.28. The number of primary sulfonamides is 1. The summed E-state index contributed by atoms with van der Waals surface area (Å²) in [4.78, 5) is 0.0561. The number of benzene rings is 2. The maximum atomic E-state index is 11.4. The fourth-order valence-corrected chi connectivity index (χ4v) is 5.39. The molecular weight excluding hydrogens is 394 g/mol. The van der Waals surface area contributed by atoms with Crippen LogP contribution in [0.25, 0.3) is 0 Å². The number of rotatable bonds is 3. The third kappa shape index (κ3) is 6.22. The highest BCUT2D eigenvalue weighted by Crippen LogP contribution is 2.34. The van der Waals surface area contributed by atoms with Crippen LogP contribution in [0.15, 0.2) is 47.4 Å². The third-order valence-corrected chi connectivity index (χ3v) is 7.40. The molecule has 0 amide bonds. The van der Waals surface area contributed by atoms with E-state index in [0.29, 0.717) is 5.92 Å². The van der Waals surface area contributed by atoms with Crippen LogP contribution in [-0.2, 0) is 10.0 Å². The van der Waals surface area contributed by atoms with Crippen molar-refractivity contribution >= 4 is 21.4 Å². The van der Waals surface area contributed by atoms with Crippen LogP contribution in [0, 0.1) is 0 Å². The van der Waals surface area contributed by atoms with Crippen LogP contribution in [0.3, 0.4) is 0 Å². The van der Waals surface area contributed by atoms with E-state index in [1.807, 2.05) is 18.2 Å². The molecule has 2 aliphatic carbocycles. The predicted molar refractivity (Wildman–Crippen MR) is 125 cm³/mol. The van der Waals surface area contributed by atoms with Gasteiger partial charge >= 0.3 is 0 Å². The van der Waals surface area contributed by atoms with Crippen LogP contribution < -0.4 is 16.6 Å². The molecule has 2 fully saturated rings. The molecule has 6 N–H and O–H groups in total. The van der Waals surface area contributed by atoms with Gasteiger partial charge in [-0.15, -0.1) is 0 Å². The van der Waals surface area contributed by atoms with Gasteiger partial charge in [-0.25, -0.2) is 13.6 Å². The summed E-state index contributed by atoms with van der Waals surface area (Å²) in [6.07, 6.45) is 12.9. The second-order valence-corrected chi connectivity index (χ2v) is 10.2. The largest absolute Gasteiger partial charge is 0.399 e. The molecule has 0 unspecified atom stereocenters. The first-order valence-electron chi connectivity index (χ1n) is 11.1. The van der Waals surface area contributed by atoms with Crippen molar-refractivity contribution in [2.45, 2.75) is 80.9 Å². The van der Waals surface area contributed by atoms with E-state index in [4.69, 9.17) is 16.6 Å². The SMILES string of the molecule is Nc1ccc(C2CCCCC2)cc1.Nc1ccc(C2CCCCC2)cc1S(N)(=O)=O. The highest BCUT2D eigenvalue weighted by molar-refractivity contribution is 7.89. The van der Waals surface area contributed by atoms with Gasteiger partial charge < -0.3 is 11.5 Å². The van der Waals surface area contributed by atoms with E-state index in [-0.39, 0.29) is 10.6 Å². The number of anilines is 2. The Kier molecular flexibility index (Phi) is 7.78. The first kappa shape index (κ1) is 22.6. The molecule has 0 saturated heterocycles. The Morgan fingerprint density at radius 1 is 0.667 bits per heavy atom. The Labute approximate surface area is 181 Å². The average molecular weight is 430 g/mol. The molecule has 2 aliphatic rings. The molecule has 4 rings (SSSR count). The van der Waals surface area contributed by atoms with Crippen molar-refractivity contribution in [2.24, 2.45) is 5.14 Å². The molecule has 0 radical (unpaired) electrons. The summed E-state index contributed by atoms with van der Waals surface area (Å²) in [5, 5.41) is 5.15. The average Bonchev–Trinajstić information content (AvgIpc) is 2.75. The first-order chi connectivity index (χ1) is 14.3. The summed E-state index contributed by atoms with van der Waals surface area (Å²) in [6, 6.07) is 13.6. The summed E-state index contributed by atoms with van der Waals surface area (Å²) in [5.41, 5.74) is 14.9. The Bertz CT molecular complexity index is 914. The van der Waals surface area contributed by atoms with E-state index in [1.165, 1.54) is 56.9 Å². The number of nitrogen functional groups attached to an aromatic ring is 2. The molecule has 5 nitrogen and oxygen atoms in total.